The summed E-state index contributed by atoms with van der Waals surface area (Å²) in [7, 11) is 0. The molecule has 1 fully saturated rings. The minimum atomic E-state index is -1.14. The molecule has 14 nitrogen and oxygen atoms in total. The first-order valence-corrected chi connectivity index (χ1v) is 12.9. The third-order valence-corrected chi connectivity index (χ3v) is 5.93. The summed E-state index contributed by atoms with van der Waals surface area (Å²) < 4.78 is 4.76. The number of nitrogens with one attached hydrogen (secondary N) is 2. The van der Waals surface area contributed by atoms with Crippen molar-refractivity contribution in [3.63, 3.8) is 0 Å². The predicted molar refractivity (Wildman–Crippen MR) is 142 cm³/mol. The van der Waals surface area contributed by atoms with Crippen LogP contribution in [0.25, 0.3) is 11.4 Å². The van der Waals surface area contributed by atoms with E-state index in [9.17, 15) is 29.4 Å². The number of aliphatic hydroxyl groups is 1. The second-order valence-electron chi connectivity index (χ2n) is 9.04. The van der Waals surface area contributed by atoms with Gasteiger partial charge >= 0.3 is 12.1 Å². The van der Waals surface area contributed by atoms with Crippen molar-refractivity contribution in [3.8, 4) is 11.4 Å². The molecular weight excluding hydrogens is 524 g/mol. The molecule has 2 aromatic rings. The number of anilines is 1. The lowest BCUT2D eigenvalue weighted by Crippen LogP contribution is -2.55. The summed E-state index contributed by atoms with van der Waals surface area (Å²) >= 11 is 0. The topological polar surface area (TPSA) is 184 Å². The number of hydrogen-bond acceptors (Lipinski definition) is 11. The molecule has 1 aliphatic heterocycles. The van der Waals surface area contributed by atoms with Crippen LogP contribution in [0.5, 0.6) is 0 Å². The molecule has 0 radical (unpaired) electrons. The van der Waals surface area contributed by atoms with Crippen LogP contribution in [0.1, 0.15) is 37.2 Å². The lowest BCUT2D eigenvalue weighted by atomic mass is 10.1. The number of carboxylic acids is 1. The maximum Gasteiger partial charge on any atom is 0.527 e. The van der Waals surface area contributed by atoms with E-state index in [2.05, 4.69) is 20.6 Å². The number of hydroxylamine groups is 2. The molecule has 2 atom stereocenters. The van der Waals surface area contributed by atoms with Gasteiger partial charge in [-0.1, -0.05) is 30.3 Å². The Kier molecular flexibility index (Phi) is 11.1. The van der Waals surface area contributed by atoms with Gasteiger partial charge in [0.2, 0.25) is 5.91 Å². The molecule has 0 saturated carbocycles. The Balaban J connectivity index is 1.77. The van der Waals surface area contributed by atoms with Crippen molar-refractivity contribution < 1.29 is 39.0 Å². The van der Waals surface area contributed by atoms with Crippen LogP contribution < -0.4 is 10.6 Å². The van der Waals surface area contributed by atoms with Gasteiger partial charge in [-0.25, -0.2) is 14.8 Å². The van der Waals surface area contributed by atoms with Crippen LogP contribution in [0.2, 0.25) is 0 Å². The summed E-state index contributed by atoms with van der Waals surface area (Å²) in [6.45, 7) is 4.20. The van der Waals surface area contributed by atoms with Crippen molar-refractivity contribution in [2.75, 3.05) is 44.7 Å². The van der Waals surface area contributed by atoms with Crippen LogP contribution in [0.3, 0.4) is 0 Å². The van der Waals surface area contributed by atoms with Gasteiger partial charge in [-0.05, 0) is 20.3 Å². The lowest BCUT2D eigenvalue weighted by molar-refractivity contribution is -0.157. The Morgan fingerprint density at radius 3 is 2.40 bits per heavy atom. The molecule has 4 N–H and O–H groups in total. The molecule has 1 aliphatic rings. The van der Waals surface area contributed by atoms with Crippen LogP contribution in [-0.2, 0) is 19.2 Å². The fraction of sp³-hybridized carbons (Fsp3) is 0.462. The van der Waals surface area contributed by atoms with Crippen LogP contribution in [0.4, 0.5) is 10.6 Å². The Bertz CT molecular complexity index is 1170. The third kappa shape index (κ3) is 8.88. The zero-order valence-corrected chi connectivity index (χ0v) is 22.4. The average Bonchev–Trinajstić information content (AvgIpc) is 2.95. The molecule has 1 aromatic carbocycles. The number of aliphatic hydroxyl groups excluding tert-OH is 1. The molecule has 14 heteroatoms. The number of ether oxygens (including phenoxy) is 1. The van der Waals surface area contributed by atoms with Crippen LogP contribution >= 0.6 is 0 Å². The summed E-state index contributed by atoms with van der Waals surface area (Å²) in [6.07, 6.45) is -1.32. The summed E-state index contributed by atoms with van der Waals surface area (Å²) in [6, 6.07) is 8.89. The number of rotatable bonds is 12. The molecule has 1 aromatic heterocycles. The number of carbonyl (C=O) groups is 4. The van der Waals surface area contributed by atoms with Crippen molar-refractivity contribution in [2.45, 2.75) is 38.8 Å². The zero-order valence-electron chi connectivity index (χ0n) is 22.4. The monoisotopic (exact) mass is 558 g/mol. The first kappa shape index (κ1) is 30.2. The van der Waals surface area contributed by atoms with Gasteiger partial charge in [-0.3, -0.25) is 14.4 Å². The van der Waals surface area contributed by atoms with Gasteiger partial charge in [0.1, 0.15) is 17.6 Å². The largest absolute Gasteiger partial charge is 0.527 e. The standard InChI is InChI=1S/C26H34N6O8/c1-3-39-26(38)40-32-13-11-31(12-14-32)25(37)19(9-10-22(34)35)29-24(36)20-15-21(27-17(2)16-33)30-23(28-20)18-7-5-4-6-8-18/h4-8,15,17,19,33H,3,9-14,16H2,1-2H3,(H,29,36)(H,34,35)(H,27,28,30)/t17-,19-/m0/s1. The van der Waals surface area contributed by atoms with E-state index in [1.54, 1.807) is 38.1 Å². The van der Waals surface area contributed by atoms with Crippen molar-refractivity contribution in [2.24, 2.45) is 0 Å². The molecule has 0 bridgehead atoms. The predicted octanol–water partition coefficient (Wildman–Crippen LogP) is 1.13. The number of piperazine rings is 1. The Hall–Kier alpha value is -4.30. The van der Waals surface area contributed by atoms with E-state index >= 15 is 0 Å². The van der Waals surface area contributed by atoms with E-state index in [-0.39, 0.29) is 69.8 Å². The van der Waals surface area contributed by atoms with Gasteiger partial charge < -0.3 is 35.3 Å². The SMILES string of the molecule is CCOC(=O)ON1CCN(C(=O)[C@H](CCC(=O)O)NC(=O)c2cc(N[C@@H](C)CO)nc(-c3ccccc3)n2)CC1. The number of aromatic nitrogens is 2. The highest BCUT2D eigenvalue weighted by Crippen LogP contribution is 2.19. The van der Waals surface area contributed by atoms with E-state index in [1.165, 1.54) is 16.0 Å². The maximum absolute atomic E-state index is 13.3. The number of aliphatic carboxylic acids is 1. The quantitative estimate of drug-likeness (QED) is 0.273. The summed E-state index contributed by atoms with van der Waals surface area (Å²) in [5.74, 6) is -1.71. The Morgan fingerprint density at radius 2 is 1.77 bits per heavy atom. The van der Waals surface area contributed by atoms with E-state index in [4.69, 9.17) is 9.57 Å². The lowest BCUT2D eigenvalue weighted by Gasteiger charge is -2.35. The second kappa shape index (κ2) is 14.7. The third-order valence-electron chi connectivity index (χ3n) is 5.93. The molecule has 2 amide bonds. The maximum atomic E-state index is 13.3. The number of nitrogens with zero attached hydrogens (tertiary/aromatic N) is 4. The molecule has 3 rings (SSSR count). The molecule has 216 valence electrons. The summed E-state index contributed by atoms with van der Waals surface area (Å²) in [5.41, 5.74) is 0.612. The van der Waals surface area contributed by atoms with Crippen LogP contribution in [0.15, 0.2) is 36.4 Å². The van der Waals surface area contributed by atoms with E-state index in [0.717, 1.165) is 0 Å². The Labute approximate surface area is 231 Å². The minimum absolute atomic E-state index is 0.0396. The molecule has 0 unspecified atom stereocenters. The molecular formula is C26H34N6O8. The van der Waals surface area contributed by atoms with Gasteiger partial charge in [-0.15, -0.1) is 5.06 Å². The minimum Gasteiger partial charge on any atom is -0.481 e. The van der Waals surface area contributed by atoms with E-state index in [1.807, 2.05) is 6.07 Å². The highest BCUT2D eigenvalue weighted by atomic mass is 16.8. The number of hydrogen-bond donors (Lipinski definition) is 4. The number of carbonyl (C=O) groups excluding carboxylic acids is 3. The van der Waals surface area contributed by atoms with Gasteiger partial charge in [0, 0.05) is 37.2 Å². The van der Waals surface area contributed by atoms with Crippen molar-refractivity contribution >= 4 is 29.8 Å². The first-order chi connectivity index (χ1) is 19.2. The van der Waals surface area contributed by atoms with Gasteiger partial charge in [0.15, 0.2) is 5.82 Å². The smallest absolute Gasteiger partial charge is 0.481 e. The average molecular weight is 559 g/mol. The fourth-order valence-corrected chi connectivity index (χ4v) is 3.88. The van der Waals surface area contributed by atoms with Crippen molar-refractivity contribution in [1.29, 1.82) is 0 Å². The normalized spacial score (nSPS) is 15.0. The van der Waals surface area contributed by atoms with Crippen molar-refractivity contribution in [3.05, 3.63) is 42.1 Å². The highest BCUT2D eigenvalue weighted by Gasteiger charge is 2.31. The fourth-order valence-electron chi connectivity index (χ4n) is 3.88. The molecule has 2 heterocycles. The number of amides is 2. The van der Waals surface area contributed by atoms with Crippen LogP contribution in [0, 0.1) is 0 Å². The number of benzene rings is 1. The summed E-state index contributed by atoms with van der Waals surface area (Å²) in [5, 5.41) is 25.7. The highest BCUT2D eigenvalue weighted by molar-refractivity contribution is 5.97. The zero-order chi connectivity index (χ0) is 29.1. The van der Waals surface area contributed by atoms with Crippen LogP contribution in [-0.4, -0.2) is 106 Å². The van der Waals surface area contributed by atoms with Gasteiger partial charge in [0.25, 0.3) is 5.91 Å². The van der Waals surface area contributed by atoms with Gasteiger partial charge in [-0.2, -0.15) is 0 Å². The molecule has 40 heavy (non-hydrogen) atoms. The molecule has 1 saturated heterocycles. The number of carboxylic acid groups (broad SMARTS) is 1. The summed E-state index contributed by atoms with van der Waals surface area (Å²) in [4.78, 5) is 64.9. The van der Waals surface area contributed by atoms with E-state index < -0.39 is 30.0 Å². The second-order valence-corrected chi connectivity index (χ2v) is 9.04. The molecule has 0 aliphatic carbocycles. The van der Waals surface area contributed by atoms with Gasteiger partial charge in [0.05, 0.1) is 26.3 Å². The first-order valence-electron chi connectivity index (χ1n) is 12.9. The molecule has 0 spiro atoms. The Morgan fingerprint density at radius 1 is 1.07 bits per heavy atom. The van der Waals surface area contributed by atoms with Crippen molar-refractivity contribution in [1.82, 2.24) is 25.2 Å². The van der Waals surface area contributed by atoms with E-state index in [0.29, 0.717) is 11.4 Å².